The number of benzene rings is 1. The van der Waals surface area contributed by atoms with E-state index in [1.165, 1.54) is 23.4 Å². The zero-order valence-corrected chi connectivity index (χ0v) is 16.8. The molecule has 1 N–H and O–H groups in total. The molecule has 5 rings (SSSR count). The van der Waals surface area contributed by atoms with Gasteiger partial charge in [0.15, 0.2) is 0 Å². The molecule has 2 saturated heterocycles. The molecular formula is C24H29FN2O2. The molecule has 5 heteroatoms. The van der Waals surface area contributed by atoms with Gasteiger partial charge in [0.05, 0.1) is 18.4 Å². The van der Waals surface area contributed by atoms with Crippen LogP contribution in [0.1, 0.15) is 55.0 Å². The highest BCUT2D eigenvalue weighted by Crippen LogP contribution is 2.46. The Morgan fingerprint density at radius 3 is 2.90 bits per heavy atom. The van der Waals surface area contributed by atoms with Gasteiger partial charge in [-0.1, -0.05) is 24.3 Å². The highest BCUT2D eigenvalue weighted by atomic mass is 19.1. The fourth-order valence-corrected chi connectivity index (χ4v) is 5.57. The molecule has 154 valence electrons. The minimum absolute atomic E-state index is 0.106. The lowest BCUT2D eigenvalue weighted by Crippen LogP contribution is -2.49. The molecule has 0 saturated carbocycles. The average Bonchev–Trinajstić information content (AvgIpc) is 3.36. The third kappa shape index (κ3) is 3.72. The summed E-state index contributed by atoms with van der Waals surface area (Å²) < 4.78 is 25.4. The first-order chi connectivity index (χ1) is 14.2. The Hall–Kier alpha value is -1.82. The fourth-order valence-electron chi connectivity index (χ4n) is 5.57. The van der Waals surface area contributed by atoms with Gasteiger partial charge >= 0.3 is 0 Å². The van der Waals surface area contributed by atoms with Crippen LogP contribution in [0.15, 0.2) is 42.6 Å². The molecule has 29 heavy (non-hydrogen) atoms. The molecule has 1 aromatic carbocycles. The van der Waals surface area contributed by atoms with Crippen molar-refractivity contribution in [2.45, 2.75) is 55.6 Å². The SMILES string of the molecule is Fc1ccc([C@]2(CCN[C@@H]3CCc4ccccc43)CCO[C@]3(CCOC3)C2)nc1. The number of nitrogens with one attached hydrogen (secondary N) is 1. The Balaban J connectivity index is 1.34. The summed E-state index contributed by atoms with van der Waals surface area (Å²) in [5.41, 5.74) is 3.57. The summed E-state index contributed by atoms with van der Waals surface area (Å²) in [5, 5.41) is 3.80. The summed E-state index contributed by atoms with van der Waals surface area (Å²) in [6.45, 7) is 3.02. The largest absolute Gasteiger partial charge is 0.378 e. The number of rotatable bonds is 5. The Morgan fingerprint density at radius 2 is 2.07 bits per heavy atom. The maximum absolute atomic E-state index is 13.6. The van der Waals surface area contributed by atoms with Gasteiger partial charge in [-0.05, 0) is 61.9 Å². The maximum atomic E-state index is 13.6. The van der Waals surface area contributed by atoms with E-state index in [0.717, 1.165) is 57.4 Å². The number of ether oxygens (including phenoxy) is 2. The van der Waals surface area contributed by atoms with E-state index in [4.69, 9.17) is 9.47 Å². The van der Waals surface area contributed by atoms with Gasteiger partial charge in [0.2, 0.25) is 0 Å². The van der Waals surface area contributed by atoms with E-state index in [-0.39, 0.29) is 16.8 Å². The summed E-state index contributed by atoms with van der Waals surface area (Å²) in [6.07, 6.45) is 7.35. The van der Waals surface area contributed by atoms with Crippen LogP contribution in [0.2, 0.25) is 0 Å². The zero-order chi connectivity index (χ0) is 19.7. The van der Waals surface area contributed by atoms with Gasteiger partial charge in [0, 0.05) is 36.8 Å². The Morgan fingerprint density at radius 1 is 1.14 bits per heavy atom. The second-order valence-electron chi connectivity index (χ2n) is 8.90. The lowest BCUT2D eigenvalue weighted by atomic mass is 9.68. The van der Waals surface area contributed by atoms with Crippen molar-refractivity contribution in [1.82, 2.24) is 10.3 Å². The van der Waals surface area contributed by atoms with Crippen molar-refractivity contribution in [3.63, 3.8) is 0 Å². The first-order valence-electron chi connectivity index (χ1n) is 10.8. The number of aromatic nitrogens is 1. The molecular weight excluding hydrogens is 367 g/mol. The van der Waals surface area contributed by atoms with Crippen LogP contribution in [0.4, 0.5) is 4.39 Å². The van der Waals surface area contributed by atoms with E-state index in [9.17, 15) is 4.39 Å². The van der Waals surface area contributed by atoms with Gasteiger partial charge in [-0.2, -0.15) is 0 Å². The van der Waals surface area contributed by atoms with Crippen LogP contribution in [0.5, 0.6) is 0 Å². The predicted octanol–water partition coefficient (Wildman–Crippen LogP) is 4.10. The van der Waals surface area contributed by atoms with Crippen molar-refractivity contribution in [1.29, 1.82) is 0 Å². The number of halogens is 1. The molecule has 1 aliphatic carbocycles. The van der Waals surface area contributed by atoms with Crippen molar-refractivity contribution in [3.8, 4) is 0 Å². The van der Waals surface area contributed by atoms with Crippen LogP contribution in [0.3, 0.4) is 0 Å². The van der Waals surface area contributed by atoms with E-state index in [2.05, 4.69) is 34.6 Å². The second kappa shape index (κ2) is 7.78. The van der Waals surface area contributed by atoms with E-state index in [0.29, 0.717) is 19.3 Å². The number of aryl methyl sites for hydroxylation is 1. The Bertz CT molecular complexity index is 850. The summed E-state index contributed by atoms with van der Waals surface area (Å²) in [5.74, 6) is -0.282. The van der Waals surface area contributed by atoms with Gasteiger partial charge in [0.25, 0.3) is 0 Å². The number of hydrogen-bond donors (Lipinski definition) is 1. The lowest BCUT2D eigenvalue weighted by molar-refractivity contribution is -0.109. The number of pyridine rings is 1. The summed E-state index contributed by atoms with van der Waals surface area (Å²) in [7, 11) is 0. The quantitative estimate of drug-likeness (QED) is 0.827. The molecule has 1 spiro atoms. The zero-order valence-electron chi connectivity index (χ0n) is 16.8. The summed E-state index contributed by atoms with van der Waals surface area (Å²) in [4.78, 5) is 4.52. The van der Waals surface area contributed by atoms with Crippen LogP contribution in [0, 0.1) is 5.82 Å². The lowest BCUT2D eigenvalue weighted by Gasteiger charge is -2.45. The van der Waals surface area contributed by atoms with Gasteiger partial charge in [-0.3, -0.25) is 4.98 Å². The van der Waals surface area contributed by atoms with Crippen molar-refractivity contribution in [3.05, 3.63) is 65.2 Å². The van der Waals surface area contributed by atoms with Crippen molar-refractivity contribution < 1.29 is 13.9 Å². The summed E-state index contributed by atoms with van der Waals surface area (Å²) in [6, 6.07) is 12.6. The van der Waals surface area contributed by atoms with Gasteiger partial charge in [-0.25, -0.2) is 4.39 Å². The fraction of sp³-hybridized carbons (Fsp3) is 0.542. The van der Waals surface area contributed by atoms with Crippen LogP contribution in [0.25, 0.3) is 0 Å². The third-order valence-corrected chi connectivity index (χ3v) is 7.11. The molecule has 0 amide bonds. The third-order valence-electron chi connectivity index (χ3n) is 7.11. The molecule has 2 fully saturated rings. The van der Waals surface area contributed by atoms with E-state index < -0.39 is 0 Å². The number of nitrogens with zero attached hydrogens (tertiary/aromatic N) is 1. The molecule has 3 atom stereocenters. The minimum atomic E-state index is -0.282. The van der Waals surface area contributed by atoms with Crippen molar-refractivity contribution in [2.24, 2.45) is 0 Å². The Labute approximate surface area is 171 Å². The average molecular weight is 397 g/mol. The highest BCUT2D eigenvalue weighted by Gasteiger charge is 2.49. The summed E-state index contributed by atoms with van der Waals surface area (Å²) >= 11 is 0. The van der Waals surface area contributed by atoms with E-state index in [1.54, 1.807) is 0 Å². The molecule has 3 aliphatic rings. The highest BCUT2D eigenvalue weighted by molar-refractivity contribution is 5.34. The van der Waals surface area contributed by atoms with Gasteiger partial charge < -0.3 is 14.8 Å². The van der Waals surface area contributed by atoms with Crippen LogP contribution in [-0.2, 0) is 21.3 Å². The molecule has 3 heterocycles. The van der Waals surface area contributed by atoms with Crippen LogP contribution < -0.4 is 5.32 Å². The normalized spacial score (nSPS) is 31.3. The molecule has 2 aliphatic heterocycles. The first kappa shape index (κ1) is 19.2. The Kier molecular flexibility index (Phi) is 5.14. The standard InChI is InChI=1S/C24H29FN2O2/c25-19-6-8-22(27-15-19)23(10-14-29-24(16-23)11-13-28-17-24)9-12-26-21-7-5-18-3-1-2-4-20(18)21/h1-4,6,8,15,21,26H,5,7,9-14,16-17H2/t21-,23-,24-/m1/s1. The maximum Gasteiger partial charge on any atom is 0.141 e. The molecule has 2 aromatic rings. The van der Waals surface area contributed by atoms with Crippen molar-refractivity contribution >= 4 is 0 Å². The first-order valence-corrected chi connectivity index (χ1v) is 10.8. The molecule has 1 aromatic heterocycles. The topological polar surface area (TPSA) is 43.4 Å². The second-order valence-corrected chi connectivity index (χ2v) is 8.90. The predicted molar refractivity (Wildman–Crippen MR) is 109 cm³/mol. The van der Waals surface area contributed by atoms with E-state index >= 15 is 0 Å². The monoisotopic (exact) mass is 396 g/mol. The van der Waals surface area contributed by atoms with Gasteiger partial charge in [0.1, 0.15) is 5.82 Å². The number of hydrogen-bond acceptors (Lipinski definition) is 4. The molecule has 4 nitrogen and oxygen atoms in total. The van der Waals surface area contributed by atoms with Crippen molar-refractivity contribution in [2.75, 3.05) is 26.4 Å². The van der Waals surface area contributed by atoms with Crippen LogP contribution >= 0.6 is 0 Å². The van der Waals surface area contributed by atoms with Crippen LogP contribution in [-0.4, -0.2) is 37.0 Å². The molecule has 0 bridgehead atoms. The van der Waals surface area contributed by atoms with E-state index in [1.807, 2.05) is 6.07 Å². The molecule has 0 unspecified atom stereocenters. The van der Waals surface area contributed by atoms with Gasteiger partial charge in [-0.15, -0.1) is 0 Å². The molecule has 0 radical (unpaired) electrons. The smallest absolute Gasteiger partial charge is 0.141 e. The number of fused-ring (bicyclic) bond motifs is 1. The minimum Gasteiger partial charge on any atom is -0.378 e.